The van der Waals surface area contributed by atoms with Crippen LogP contribution in [0.1, 0.15) is 13.3 Å². The number of hydrogen-bond acceptors (Lipinski definition) is 2. The molecule has 0 aliphatic carbocycles. The van der Waals surface area contributed by atoms with Crippen LogP contribution in [0.2, 0.25) is 0 Å². The van der Waals surface area contributed by atoms with E-state index >= 15 is 0 Å². The third kappa shape index (κ3) is 2.55. The fourth-order valence-electron chi connectivity index (χ4n) is 1.95. The van der Waals surface area contributed by atoms with E-state index in [9.17, 15) is 0 Å². The minimum Gasteiger partial charge on any atom is -0.345 e. The van der Waals surface area contributed by atoms with Crippen LogP contribution in [0.4, 0.5) is 5.95 Å². The molecule has 0 saturated heterocycles. The highest BCUT2D eigenvalue weighted by Gasteiger charge is 2.11. The van der Waals surface area contributed by atoms with Crippen LogP contribution in [0.3, 0.4) is 0 Å². The normalized spacial score (nSPS) is 12.9. The number of anilines is 1. The summed E-state index contributed by atoms with van der Waals surface area (Å²) in [6.45, 7) is 2.94. The molecule has 1 heterocycles. The lowest BCUT2D eigenvalue weighted by molar-refractivity contribution is 0.741. The maximum Gasteiger partial charge on any atom is 0.206 e. The van der Waals surface area contributed by atoms with Crippen molar-refractivity contribution in [2.24, 2.45) is 7.05 Å². The number of para-hydroxylation sites is 2. The molecule has 0 amide bonds. The minimum absolute atomic E-state index is 0.201. The number of benzene rings is 1. The summed E-state index contributed by atoms with van der Waals surface area (Å²) in [4.78, 5) is 6.79. The Hall–Kier alpha value is -1.22. The molecule has 17 heavy (non-hydrogen) atoms. The molecule has 0 N–H and O–H groups in total. The van der Waals surface area contributed by atoms with Crippen LogP contribution in [0.15, 0.2) is 24.3 Å². The first-order chi connectivity index (χ1) is 8.09. The maximum absolute atomic E-state index is 5.97. The molecule has 3 nitrogen and oxygen atoms in total. The van der Waals surface area contributed by atoms with Gasteiger partial charge < -0.3 is 9.47 Å². The monoisotopic (exact) mass is 251 g/mol. The summed E-state index contributed by atoms with van der Waals surface area (Å²) in [5, 5.41) is 0.201. The zero-order valence-corrected chi connectivity index (χ0v) is 11.3. The highest BCUT2D eigenvalue weighted by Crippen LogP contribution is 2.20. The van der Waals surface area contributed by atoms with Crippen molar-refractivity contribution in [2.45, 2.75) is 18.7 Å². The summed E-state index contributed by atoms with van der Waals surface area (Å²) in [5.74, 6) is 0.989. The van der Waals surface area contributed by atoms with Gasteiger partial charge in [0.15, 0.2) is 0 Å². The van der Waals surface area contributed by atoms with Crippen LogP contribution in [0.5, 0.6) is 0 Å². The van der Waals surface area contributed by atoms with Crippen LogP contribution in [0, 0.1) is 0 Å². The topological polar surface area (TPSA) is 21.1 Å². The van der Waals surface area contributed by atoms with Gasteiger partial charge in [-0.2, -0.15) is 0 Å². The molecule has 0 bridgehead atoms. The largest absolute Gasteiger partial charge is 0.345 e. The number of fused-ring (bicyclic) bond motifs is 1. The summed E-state index contributed by atoms with van der Waals surface area (Å²) < 4.78 is 2.12. The molecule has 0 radical (unpaired) electrons. The van der Waals surface area contributed by atoms with Crippen molar-refractivity contribution in [3.8, 4) is 0 Å². The summed E-state index contributed by atoms with van der Waals surface area (Å²) in [6.07, 6.45) is 0.960. The zero-order chi connectivity index (χ0) is 12.4. The maximum atomic E-state index is 5.97. The number of alkyl halides is 1. The molecule has 1 aromatic heterocycles. The number of aryl methyl sites for hydroxylation is 1. The number of imidazole rings is 1. The zero-order valence-electron chi connectivity index (χ0n) is 10.5. The molecule has 0 fully saturated rings. The summed E-state index contributed by atoms with van der Waals surface area (Å²) in [7, 11) is 4.10. The van der Waals surface area contributed by atoms with Gasteiger partial charge in [-0.3, -0.25) is 0 Å². The fourth-order valence-corrected chi connectivity index (χ4v) is 2.04. The number of nitrogens with zero attached hydrogens (tertiary/aromatic N) is 3. The van der Waals surface area contributed by atoms with Crippen LogP contribution >= 0.6 is 11.6 Å². The first kappa shape index (κ1) is 12.2. The van der Waals surface area contributed by atoms with Gasteiger partial charge in [-0.15, -0.1) is 11.6 Å². The highest BCUT2D eigenvalue weighted by atomic mass is 35.5. The molecule has 1 unspecified atom stereocenters. The van der Waals surface area contributed by atoms with Gasteiger partial charge in [-0.25, -0.2) is 4.98 Å². The van der Waals surface area contributed by atoms with E-state index in [2.05, 4.69) is 27.6 Å². The third-order valence-electron chi connectivity index (χ3n) is 2.97. The Kier molecular flexibility index (Phi) is 3.57. The molecule has 0 spiro atoms. The van der Waals surface area contributed by atoms with Gasteiger partial charge in [0.25, 0.3) is 0 Å². The molecule has 2 rings (SSSR count). The highest BCUT2D eigenvalue weighted by molar-refractivity contribution is 6.20. The molecule has 92 valence electrons. The lowest BCUT2D eigenvalue weighted by Gasteiger charge is -2.18. The number of rotatable bonds is 4. The fraction of sp³-hybridized carbons (Fsp3) is 0.462. The van der Waals surface area contributed by atoms with Gasteiger partial charge in [0.2, 0.25) is 5.95 Å². The minimum atomic E-state index is 0.201. The summed E-state index contributed by atoms with van der Waals surface area (Å²) >= 11 is 5.97. The Morgan fingerprint density at radius 3 is 2.76 bits per heavy atom. The van der Waals surface area contributed by atoms with E-state index in [0.29, 0.717) is 0 Å². The Morgan fingerprint density at radius 2 is 2.12 bits per heavy atom. The number of aromatic nitrogens is 2. The van der Waals surface area contributed by atoms with Crippen molar-refractivity contribution < 1.29 is 0 Å². The second kappa shape index (κ2) is 4.96. The molecule has 0 aliphatic heterocycles. The lowest BCUT2D eigenvalue weighted by atomic mass is 10.3. The molecule has 0 aliphatic rings. The Morgan fingerprint density at radius 1 is 1.41 bits per heavy atom. The van der Waals surface area contributed by atoms with Gasteiger partial charge in [0.05, 0.1) is 11.0 Å². The predicted octanol–water partition coefficient (Wildman–Crippen LogP) is 3.03. The van der Waals surface area contributed by atoms with Crippen LogP contribution in [0.25, 0.3) is 11.0 Å². The van der Waals surface area contributed by atoms with E-state index in [4.69, 9.17) is 11.6 Å². The molecule has 0 saturated carbocycles. The number of hydrogen-bond donors (Lipinski definition) is 0. The van der Waals surface area contributed by atoms with Crippen LogP contribution < -0.4 is 4.90 Å². The molecule has 1 aromatic carbocycles. The van der Waals surface area contributed by atoms with Crippen molar-refractivity contribution in [2.75, 3.05) is 18.5 Å². The van der Waals surface area contributed by atoms with Gasteiger partial charge in [0.1, 0.15) is 0 Å². The Labute approximate surface area is 107 Å². The predicted molar refractivity (Wildman–Crippen MR) is 73.9 cm³/mol. The van der Waals surface area contributed by atoms with Crippen LogP contribution in [-0.4, -0.2) is 28.5 Å². The Balaban J connectivity index is 2.26. The van der Waals surface area contributed by atoms with E-state index < -0.39 is 0 Å². The Bertz CT molecular complexity index is 504. The first-order valence-corrected chi connectivity index (χ1v) is 6.30. The van der Waals surface area contributed by atoms with E-state index in [-0.39, 0.29) is 5.38 Å². The van der Waals surface area contributed by atoms with Crippen LogP contribution in [-0.2, 0) is 7.05 Å². The second-order valence-electron chi connectivity index (χ2n) is 4.45. The lowest BCUT2D eigenvalue weighted by Crippen LogP contribution is -2.23. The third-order valence-corrected chi connectivity index (χ3v) is 3.19. The molecular weight excluding hydrogens is 234 g/mol. The quantitative estimate of drug-likeness (QED) is 0.779. The SMILES string of the molecule is CC(Cl)CCN(C)c1nc2ccccc2n1C. The van der Waals surface area contributed by atoms with E-state index in [1.165, 1.54) is 0 Å². The number of halogens is 1. The van der Waals surface area contributed by atoms with Gasteiger partial charge in [-0.05, 0) is 25.5 Å². The van der Waals surface area contributed by atoms with Crippen molar-refractivity contribution in [1.82, 2.24) is 9.55 Å². The van der Waals surface area contributed by atoms with Crippen molar-refractivity contribution >= 4 is 28.6 Å². The van der Waals surface area contributed by atoms with E-state index in [0.717, 1.165) is 29.9 Å². The van der Waals surface area contributed by atoms with Crippen molar-refractivity contribution in [3.05, 3.63) is 24.3 Å². The molecule has 1 atom stereocenters. The van der Waals surface area contributed by atoms with Gasteiger partial charge in [-0.1, -0.05) is 12.1 Å². The molecule has 4 heteroatoms. The van der Waals surface area contributed by atoms with Gasteiger partial charge in [0, 0.05) is 26.0 Å². The van der Waals surface area contributed by atoms with Crippen molar-refractivity contribution in [1.29, 1.82) is 0 Å². The first-order valence-electron chi connectivity index (χ1n) is 5.86. The summed E-state index contributed by atoms with van der Waals surface area (Å²) in [6, 6.07) is 8.18. The standard InChI is InChI=1S/C13H18ClN3/c1-10(14)8-9-16(2)13-15-11-6-4-5-7-12(11)17(13)3/h4-7,10H,8-9H2,1-3H3. The van der Waals surface area contributed by atoms with E-state index in [1.807, 2.05) is 32.2 Å². The van der Waals surface area contributed by atoms with Gasteiger partial charge >= 0.3 is 0 Å². The average molecular weight is 252 g/mol. The molecule has 2 aromatic rings. The smallest absolute Gasteiger partial charge is 0.206 e. The van der Waals surface area contributed by atoms with E-state index in [1.54, 1.807) is 0 Å². The second-order valence-corrected chi connectivity index (χ2v) is 5.20. The summed E-state index contributed by atoms with van der Waals surface area (Å²) in [5.41, 5.74) is 2.20. The average Bonchev–Trinajstić information content (AvgIpc) is 2.64. The molecular formula is C13H18ClN3. The van der Waals surface area contributed by atoms with Crippen molar-refractivity contribution in [3.63, 3.8) is 0 Å².